The average molecular weight is 433 g/mol. The Morgan fingerprint density at radius 2 is 1.77 bits per heavy atom. The van der Waals surface area contributed by atoms with Gasteiger partial charge in [0.25, 0.3) is 0 Å². The molecule has 0 aromatic heterocycles. The molecule has 5 aliphatic rings. The number of halogens is 1. The summed E-state index contributed by atoms with van der Waals surface area (Å²) in [4.78, 5) is 24.8. The number of carbonyl (C=O) groups is 2. The monoisotopic (exact) mass is 432 g/mol. The molecule has 0 aromatic carbocycles. The highest BCUT2D eigenvalue weighted by molar-refractivity contribution is 6.32. The van der Waals surface area contributed by atoms with E-state index in [9.17, 15) is 9.59 Å². The van der Waals surface area contributed by atoms with Gasteiger partial charge in [-0.25, -0.2) is 0 Å². The molecule has 164 valence electrons. The van der Waals surface area contributed by atoms with Gasteiger partial charge in [-0.05, 0) is 74.2 Å². The van der Waals surface area contributed by atoms with Gasteiger partial charge in [0.2, 0.25) is 0 Å². The van der Waals surface area contributed by atoms with Crippen LogP contribution in [-0.2, 0) is 19.1 Å². The summed E-state index contributed by atoms with van der Waals surface area (Å²) >= 11 is 6.94. The standard InChI is InChI=1S/C25H33ClO4/c1-13(27)25(30-14(2)28)9-7-17-15-11-21(26)20-12-22(29-5)16-10-19(16)24(20,4)18(15)6-8-23(17,25)3/h11-12,15-19,22H,6-10H2,1-5H3/t15-,16+,17-,18-,19-,22?,23-,24-,25-/m0/s1. The van der Waals surface area contributed by atoms with Crippen molar-refractivity contribution in [1.29, 1.82) is 0 Å². The normalized spacial score (nSPS) is 50.9. The van der Waals surface area contributed by atoms with E-state index in [0.717, 1.165) is 24.3 Å². The molecular formula is C25H33ClO4. The first kappa shape index (κ1) is 20.8. The summed E-state index contributed by atoms with van der Waals surface area (Å²) in [7, 11) is 1.80. The Hall–Kier alpha value is -1.13. The maximum Gasteiger partial charge on any atom is 0.303 e. The third kappa shape index (κ3) is 2.38. The number of ether oxygens (including phenoxy) is 2. The highest BCUT2D eigenvalue weighted by Crippen LogP contribution is 2.73. The van der Waals surface area contributed by atoms with Crippen molar-refractivity contribution in [2.75, 3.05) is 7.11 Å². The Labute approximate surface area is 184 Å². The van der Waals surface area contributed by atoms with Crippen LogP contribution >= 0.6 is 11.6 Å². The van der Waals surface area contributed by atoms with Crippen molar-refractivity contribution >= 4 is 23.4 Å². The van der Waals surface area contributed by atoms with Gasteiger partial charge in [0.15, 0.2) is 11.4 Å². The Morgan fingerprint density at radius 1 is 1.07 bits per heavy atom. The molecule has 9 atom stereocenters. The van der Waals surface area contributed by atoms with Crippen LogP contribution in [-0.4, -0.2) is 30.6 Å². The van der Waals surface area contributed by atoms with Crippen LogP contribution < -0.4 is 0 Å². The first-order valence-corrected chi connectivity index (χ1v) is 11.8. The Balaban J connectivity index is 1.58. The Kier molecular flexibility index (Phi) is 4.46. The smallest absolute Gasteiger partial charge is 0.303 e. The van der Waals surface area contributed by atoms with Gasteiger partial charge >= 0.3 is 5.97 Å². The van der Waals surface area contributed by atoms with Crippen molar-refractivity contribution in [1.82, 2.24) is 0 Å². The number of rotatable bonds is 3. The quantitative estimate of drug-likeness (QED) is 0.585. The molecule has 0 N–H and O–H groups in total. The Morgan fingerprint density at radius 3 is 2.40 bits per heavy atom. The van der Waals surface area contributed by atoms with Gasteiger partial charge in [0.1, 0.15) is 0 Å². The van der Waals surface area contributed by atoms with Crippen molar-refractivity contribution in [3.05, 3.63) is 22.8 Å². The average Bonchev–Trinajstić information content (AvgIpc) is 3.42. The topological polar surface area (TPSA) is 52.6 Å². The lowest BCUT2D eigenvalue weighted by Crippen LogP contribution is -2.58. The highest BCUT2D eigenvalue weighted by Gasteiger charge is 2.70. The summed E-state index contributed by atoms with van der Waals surface area (Å²) in [6.07, 6.45) is 9.38. The lowest BCUT2D eigenvalue weighted by molar-refractivity contribution is -0.185. The van der Waals surface area contributed by atoms with E-state index >= 15 is 0 Å². The summed E-state index contributed by atoms with van der Waals surface area (Å²) in [5.74, 6) is 1.97. The lowest BCUT2D eigenvalue weighted by atomic mass is 9.47. The first-order chi connectivity index (χ1) is 14.1. The van der Waals surface area contributed by atoms with Crippen LogP contribution in [0.3, 0.4) is 0 Å². The maximum atomic E-state index is 12.9. The fourth-order valence-corrected chi connectivity index (χ4v) is 8.85. The van der Waals surface area contributed by atoms with Crippen molar-refractivity contribution in [2.45, 2.75) is 71.5 Å². The zero-order chi connectivity index (χ0) is 21.6. The molecule has 3 fully saturated rings. The molecule has 0 heterocycles. The van der Waals surface area contributed by atoms with Gasteiger partial charge < -0.3 is 9.47 Å². The molecular weight excluding hydrogens is 400 g/mol. The van der Waals surface area contributed by atoms with Crippen LogP contribution in [0.4, 0.5) is 0 Å². The fourth-order valence-electron chi connectivity index (χ4n) is 8.44. The number of hydrogen-bond acceptors (Lipinski definition) is 4. The van der Waals surface area contributed by atoms with Crippen LogP contribution in [0.15, 0.2) is 22.8 Å². The van der Waals surface area contributed by atoms with E-state index in [1.54, 1.807) is 14.0 Å². The highest BCUT2D eigenvalue weighted by atomic mass is 35.5. The molecule has 4 nitrogen and oxygen atoms in total. The van der Waals surface area contributed by atoms with Crippen LogP contribution in [0.25, 0.3) is 0 Å². The van der Waals surface area contributed by atoms with Crippen molar-refractivity contribution in [2.24, 2.45) is 40.4 Å². The van der Waals surface area contributed by atoms with Crippen LogP contribution in [0.1, 0.15) is 59.8 Å². The third-order valence-corrected chi connectivity index (χ3v) is 10.3. The molecule has 5 rings (SSSR count). The zero-order valence-electron chi connectivity index (χ0n) is 18.7. The van der Waals surface area contributed by atoms with E-state index in [0.29, 0.717) is 36.0 Å². The summed E-state index contributed by atoms with van der Waals surface area (Å²) < 4.78 is 11.6. The predicted molar refractivity (Wildman–Crippen MR) is 115 cm³/mol. The minimum absolute atomic E-state index is 0.0123. The molecule has 0 saturated heterocycles. The molecule has 5 heteroatoms. The summed E-state index contributed by atoms with van der Waals surface area (Å²) in [6, 6.07) is 0. The first-order valence-electron chi connectivity index (χ1n) is 11.4. The number of methoxy groups -OCH3 is 1. The predicted octanol–water partition coefficient (Wildman–Crippen LogP) is 5.05. The number of hydrogen-bond donors (Lipinski definition) is 0. The molecule has 0 aromatic rings. The van der Waals surface area contributed by atoms with Crippen LogP contribution in [0.2, 0.25) is 0 Å². The number of allylic oxidation sites excluding steroid dienone is 3. The second kappa shape index (κ2) is 6.45. The number of esters is 1. The van der Waals surface area contributed by atoms with Gasteiger partial charge in [-0.15, -0.1) is 0 Å². The second-order valence-electron chi connectivity index (χ2n) is 10.8. The van der Waals surface area contributed by atoms with Crippen molar-refractivity contribution < 1.29 is 19.1 Å². The molecule has 0 bridgehead atoms. The largest absolute Gasteiger partial charge is 0.451 e. The lowest BCUT2D eigenvalue weighted by Gasteiger charge is -2.58. The molecule has 1 unspecified atom stereocenters. The molecule has 0 amide bonds. The Bertz CT molecular complexity index is 876. The van der Waals surface area contributed by atoms with Gasteiger partial charge in [0.05, 0.1) is 6.10 Å². The van der Waals surface area contributed by atoms with Gasteiger partial charge in [-0.1, -0.05) is 37.6 Å². The maximum absolute atomic E-state index is 12.9. The SMILES string of the molecule is COC1C=C2C(Cl)=C[C@@H]3[C@H](CC[C@@]4(C)[C@H]3CC[C@]4(OC(C)=O)C(C)=O)[C@@]2(C)[C@H]2C[C@@H]12. The summed E-state index contributed by atoms with van der Waals surface area (Å²) in [5, 5.41) is 0.864. The van der Waals surface area contributed by atoms with E-state index in [2.05, 4.69) is 26.0 Å². The zero-order valence-corrected chi connectivity index (χ0v) is 19.4. The summed E-state index contributed by atoms with van der Waals surface area (Å²) in [5.41, 5.74) is 0.00140. The number of Topliss-reactive ketones (excluding diaryl/α,β-unsaturated/α-hetero) is 1. The van der Waals surface area contributed by atoms with Gasteiger partial charge in [-0.3, -0.25) is 9.59 Å². The number of ketones is 1. The number of carbonyl (C=O) groups excluding carboxylic acids is 2. The van der Waals surface area contributed by atoms with E-state index in [1.807, 2.05) is 0 Å². The van der Waals surface area contributed by atoms with E-state index in [-0.39, 0.29) is 28.7 Å². The molecule has 0 spiro atoms. The minimum Gasteiger partial charge on any atom is -0.451 e. The van der Waals surface area contributed by atoms with Gasteiger partial charge in [-0.2, -0.15) is 0 Å². The second-order valence-corrected chi connectivity index (χ2v) is 11.3. The van der Waals surface area contributed by atoms with E-state index < -0.39 is 5.60 Å². The molecule has 5 aliphatic carbocycles. The third-order valence-electron chi connectivity index (χ3n) is 9.92. The molecule has 30 heavy (non-hydrogen) atoms. The minimum atomic E-state index is -0.998. The van der Waals surface area contributed by atoms with E-state index in [4.69, 9.17) is 21.1 Å². The fraction of sp³-hybridized carbons (Fsp3) is 0.760. The van der Waals surface area contributed by atoms with Gasteiger partial charge in [0, 0.05) is 29.9 Å². The van der Waals surface area contributed by atoms with Crippen molar-refractivity contribution in [3.63, 3.8) is 0 Å². The molecule has 0 aliphatic heterocycles. The van der Waals surface area contributed by atoms with E-state index in [1.165, 1.54) is 18.9 Å². The van der Waals surface area contributed by atoms with Crippen LogP contribution in [0.5, 0.6) is 0 Å². The van der Waals surface area contributed by atoms with Crippen molar-refractivity contribution in [3.8, 4) is 0 Å². The molecule has 3 saturated carbocycles. The van der Waals surface area contributed by atoms with Crippen LogP contribution in [0, 0.1) is 40.4 Å². The molecule has 0 radical (unpaired) electrons. The summed E-state index contributed by atoms with van der Waals surface area (Å²) in [6.45, 7) is 7.62. The number of fused-ring (bicyclic) bond motifs is 7.